The molecule has 0 saturated heterocycles. The number of rotatable bonds is 6. The van der Waals surface area contributed by atoms with Gasteiger partial charge in [0.2, 0.25) is 0 Å². The third-order valence-electron chi connectivity index (χ3n) is 13.2. The lowest BCUT2D eigenvalue weighted by Crippen LogP contribution is -2.73. The van der Waals surface area contributed by atoms with E-state index in [1.54, 1.807) is 0 Å². The summed E-state index contributed by atoms with van der Waals surface area (Å²) in [7, 11) is -2.98. The van der Waals surface area contributed by atoms with Gasteiger partial charge in [0, 0.05) is 54.8 Å². The van der Waals surface area contributed by atoms with Crippen LogP contribution in [0.1, 0.15) is 0 Å². The molecule has 0 unspecified atom stereocenters. The number of hydrogen-bond acceptors (Lipinski definition) is 2. The summed E-state index contributed by atoms with van der Waals surface area (Å²) in [6.07, 6.45) is 0. The fourth-order valence-corrected chi connectivity index (χ4v) is 15.9. The smallest absolute Gasteiger partial charge is 0.185 e. The third kappa shape index (κ3) is 5.14. The Balaban J connectivity index is 1.15. The van der Waals surface area contributed by atoms with Crippen LogP contribution >= 0.6 is 0 Å². The molecule has 0 saturated carbocycles. The van der Waals surface area contributed by atoms with Crippen LogP contribution in [0.25, 0.3) is 88.9 Å². The predicted molar refractivity (Wildman–Crippen MR) is 264 cm³/mol. The van der Waals surface area contributed by atoms with Crippen molar-refractivity contribution in [3.05, 3.63) is 231 Å². The molecular weight excluding hydrogens is 781 g/mol. The summed E-state index contributed by atoms with van der Waals surface area (Å²) in [5, 5.41) is 10.1. The Hall–Kier alpha value is -8.12. The third-order valence-corrected chi connectivity index (χ3v) is 18.0. The van der Waals surface area contributed by atoms with Crippen molar-refractivity contribution < 1.29 is 0 Å². The van der Waals surface area contributed by atoms with E-state index in [0.717, 1.165) is 45.2 Å². The second kappa shape index (κ2) is 14.0. The lowest BCUT2D eigenvalue weighted by molar-refractivity contribution is 1.17. The maximum absolute atomic E-state index is 5.70. The van der Waals surface area contributed by atoms with E-state index in [0.29, 0.717) is 0 Å². The lowest BCUT2D eigenvalue weighted by Gasteiger charge is -2.32. The number of aromatic nitrogens is 4. The molecule has 1 aliphatic rings. The molecule has 0 bridgehead atoms. The van der Waals surface area contributed by atoms with Gasteiger partial charge in [-0.2, -0.15) is 0 Å². The van der Waals surface area contributed by atoms with E-state index in [2.05, 4.69) is 240 Å². The van der Waals surface area contributed by atoms with Gasteiger partial charge in [0.1, 0.15) is 0 Å². The Morgan fingerprint density at radius 1 is 0.365 bits per heavy atom. The first-order valence-electron chi connectivity index (χ1n) is 21.6. The molecule has 12 aromatic rings. The molecule has 13 rings (SSSR count). The minimum absolute atomic E-state index is 0.725. The average Bonchev–Trinajstić information content (AvgIpc) is 3.99. The van der Waals surface area contributed by atoms with E-state index in [4.69, 9.17) is 9.97 Å². The van der Waals surface area contributed by atoms with Crippen LogP contribution in [0.4, 0.5) is 0 Å². The van der Waals surface area contributed by atoms with Crippen LogP contribution in [0, 0.1) is 0 Å². The zero-order valence-electron chi connectivity index (χ0n) is 34.2. The molecular formula is C58H38N4Si. The average molecular weight is 819 g/mol. The standard InChI is InChI=1S/C58H38N4Si/c1-5-20-39(21-6-1)58-59-54(57-55(60-58)48-32-15-18-35-52(48)63(57,43-26-9-3-10-27-43)44-28-11-4-12-29-44)40-22-19-25-42(38-40)62-49-33-16-13-30-45(49)46-36-37-51-53(56(46)62)47-31-14-17-34-50(47)61(51)41-23-7-2-8-24-41/h1-38H. The maximum Gasteiger partial charge on any atom is 0.185 e. The largest absolute Gasteiger partial charge is 0.309 e. The Bertz CT molecular complexity index is 3690. The molecule has 5 heteroatoms. The van der Waals surface area contributed by atoms with Crippen LogP contribution in [0.3, 0.4) is 0 Å². The van der Waals surface area contributed by atoms with E-state index < -0.39 is 8.07 Å². The maximum atomic E-state index is 5.70. The Morgan fingerprint density at radius 2 is 0.921 bits per heavy atom. The number of nitrogens with zero attached hydrogens (tertiary/aromatic N) is 4. The van der Waals surface area contributed by atoms with Gasteiger partial charge in [0.05, 0.1) is 33.5 Å². The number of para-hydroxylation sites is 3. The Labute approximate surface area is 365 Å². The molecule has 0 radical (unpaired) electrons. The van der Waals surface area contributed by atoms with Gasteiger partial charge < -0.3 is 9.13 Å². The molecule has 294 valence electrons. The van der Waals surface area contributed by atoms with Gasteiger partial charge in [-0.05, 0) is 58.0 Å². The van der Waals surface area contributed by atoms with E-state index >= 15 is 0 Å². The molecule has 0 spiro atoms. The first-order valence-corrected chi connectivity index (χ1v) is 23.6. The summed E-state index contributed by atoms with van der Waals surface area (Å²) >= 11 is 0. The number of hydrogen-bond donors (Lipinski definition) is 0. The molecule has 3 aromatic heterocycles. The highest BCUT2D eigenvalue weighted by molar-refractivity contribution is 7.22. The van der Waals surface area contributed by atoms with Crippen molar-refractivity contribution in [1.29, 1.82) is 0 Å². The molecule has 9 aromatic carbocycles. The topological polar surface area (TPSA) is 35.6 Å². The van der Waals surface area contributed by atoms with Gasteiger partial charge in [0.15, 0.2) is 13.9 Å². The molecule has 0 amide bonds. The predicted octanol–water partition coefficient (Wildman–Crippen LogP) is 11.4. The summed E-state index contributed by atoms with van der Waals surface area (Å²) < 4.78 is 4.90. The summed E-state index contributed by atoms with van der Waals surface area (Å²) in [6.45, 7) is 0. The first-order chi connectivity index (χ1) is 31.3. The molecule has 4 heterocycles. The molecule has 4 nitrogen and oxygen atoms in total. The first kappa shape index (κ1) is 35.6. The van der Waals surface area contributed by atoms with Crippen LogP contribution in [-0.4, -0.2) is 27.2 Å². The zero-order valence-corrected chi connectivity index (χ0v) is 35.2. The van der Waals surface area contributed by atoms with Gasteiger partial charge in [0.25, 0.3) is 0 Å². The summed E-state index contributed by atoms with van der Waals surface area (Å²) in [6, 6.07) is 83.8. The number of benzene rings is 9. The molecule has 0 atom stereocenters. The Kier molecular flexibility index (Phi) is 7.89. The van der Waals surface area contributed by atoms with Gasteiger partial charge in [-0.25, -0.2) is 9.97 Å². The van der Waals surface area contributed by atoms with Crippen molar-refractivity contribution in [2.75, 3.05) is 0 Å². The molecule has 0 N–H and O–H groups in total. The summed E-state index contributed by atoms with van der Waals surface area (Å²) in [5.74, 6) is 0.725. The summed E-state index contributed by atoms with van der Waals surface area (Å²) in [4.78, 5) is 11.3. The fraction of sp³-hybridized carbons (Fsp3) is 0. The van der Waals surface area contributed by atoms with Gasteiger partial charge in [-0.3, -0.25) is 0 Å². The molecule has 0 aliphatic carbocycles. The van der Waals surface area contributed by atoms with Crippen LogP contribution in [0.5, 0.6) is 0 Å². The second-order valence-electron chi connectivity index (χ2n) is 16.5. The minimum atomic E-state index is -2.98. The molecule has 63 heavy (non-hydrogen) atoms. The minimum Gasteiger partial charge on any atom is -0.309 e. The van der Waals surface area contributed by atoms with E-state index in [9.17, 15) is 0 Å². The van der Waals surface area contributed by atoms with Crippen LogP contribution in [0.15, 0.2) is 231 Å². The monoisotopic (exact) mass is 818 g/mol. The Morgan fingerprint density at radius 3 is 1.65 bits per heavy atom. The van der Waals surface area contributed by atoms with Crippen LogP contribution < -0.4 is 20.7 Å². The van der Waals surface area contributed by atoms with E-state index in [1.165, 1.54) is 64.4 Å². The summed E-state index contributed by atoms with van der Waals surface area (Å²) in [5.41, 5.74) is 12.2. The van der Waals surface area contributed by atoms with Crippen molar-refractivity contribution in [1.82, 2.24) is 19.1 Å². The number of fused-ring (bicyclic) bond motifs is 10. The van der Waals surface area contributed by atoms with Crippen molar-refractivity contribution in [2.24, 2.45) is 0 Å². The van der Waals surface area contributed by atoms with Crippen LogP contribution in [-0.2, 0) is 0 Å². The van der Waals surface area contributed by atoms with E-state index in [-0.39, 0.29) is 0 Å². The van der Waals surface area contributed by atoms with Gasteiger partial charge in [-0.1, -0.05) is 188 Å². The SMILES string of the molecule is c1ccc(-c2nc(-c3cccc(-n4c5ccccc5c5ccc6c(c7ccccc7n6-c6ccccc6)c54)c3)c3c(n2)-c2ccccc2[Si]3(c2ccccc2)c2ccccc2)cc1. The van der Waals surface area contributed by atoms with Gasteiger partial charge in [-0.15, -0.1) is 0 Å². The highest BCUT2D eigenvalue weighted by Gasteiger charge is 2.51. The van der Waals surface area contributed by atoms with Crippen molar-refractivity contribution in [3.63, 3.8) is 0 Å². The second-order valence-corrected chi connectivity index (χ2v) is 20.2. The molecule has 0 fully saturated rings. The van der Waals surface area contributed by atoms with Crippen LogP contribution in [0.2, 0.25) is 0 Å². The highest BCUT2D eigenvalue weighted by atomic mass is 28.3. The zero-order chi connectivity index (χ0) is 41.5. The molecule has 1 aliphatic heterocycles. The normalized spacial score (nSPS) is 12.9. The highest BCUT2D eigenvalue weighted by Crippen LogP contribution is 2.43. The van der Waals surface area contributed by atoms with Crippen molar-refractivity contribution >= 4 is 72.4 Å². The fourth-order valence-electron chi connectivity index (χ4n) is 10.7. The van der Waals surface area contributed by atoms with E-state index in [1.807, 2.05) is 0 Å². The van der Waals surface area contributed by atoms with Crippen molar-refractivity contribution in [2.45, 2.75) is 0 Å². The van der Waals surface area contributed by atoms with Gasteiger partial charge >= 0.3 is 0 Å². The lowest BCUT2D eigenvalue weighted by atomic mass is 10.1. The quantitative estimate of drug-likeness (QED) is 0.157. The van der Waals surface area contributed by atoms with Crippen molar-refractivity contribution in [3.8, 4) is 45.3 Å².